The Morgan fingerprint density at radius 1 is 0.516 bits per heavy atom. The van der Waals surface area contributed by atoms with Crippen LogP contribution in [-0.2, 0) is 29.7 Å². The Morgan fingerprint density at radius 2 is 0.903 bits per heavy atom. The van der Waals surface area contributed by atoms with Crippen molar-refractivity contribution in [3.63, 3.8) is 0 Å². The van der Waals surface area contributed by atoms with Crippen molar-refractivity contribution in [1.29, 1.82) is 0 Å². The maximum atomic E-state index is 12.8. The number of benzene rings is 4. The highest BCUT2D eigenvalue weighted by atomic mass is 32.2. The van der Waals surface area contributed by atoms with E-state index >= 15 is 0 Å². The van der Waals surface area contributed by atoms with Crippen molar-refractivity contribution in [2.24, 2.45) is 0 Å². The van der Waals surface area contributed by atoms with E-state index in [4.69, 9.17) is 9.47 Å². The summed E-state index contributed by atoms with van der Waals surface area (Å²) in [6.45, 7) is 5.18. The molecule has 324 valence electrons. The third-order valence-corrected chi connectivity index (χ3v) is 13.5. The van der Waals surface area contributed by atoms with Gasteiger partial charge in [0.25, 0.3) is 20.2 Å². The molecule has 8 rings (SSSR count). The number of anilines is 4. The summed E-state index contributed by atoms with van der Waals surface area (Å²) in [5.74, 6) is 0. The molecule has 4 aromatic carbocycles. The van der Waals surface area contributed by atoms with E-state index < -0.39 is 30.0 Å². The number of hydrogen-bond donors (Lipinski definition) is 6. The molecule has 0 unspecified atom stereocenters. The van der Waals surface area contributed by atoms with E-state index in [9.17, 15) is 25.9 Å². The first-order chi connectivity index (χ1) is 29.9. The minimum atomic E-state index is -4.76. The zero-order valence-corrected chi connectivity index (χ0v) is 36.4. The van der Waals surface area contributed by atoms with E-state index in [1.165, 1.54) is 59.9 Å². The molecule has 4 heterocycles. The van der Waals surface area contributed by atoms with E-state index in [2.05, 4.69) is 31.3 Å². The standard InChI is InChI=1S/C42H44N8O8S4/c51-61(52,53)37-25-35(43-39-27-49(45-33-7-3-1-4-8-33)29-41(59-39)47-17-21-57-22-18-47)15-13-31(37)11-12-32-14-16-36(26-38(32)62(54,55)56)44-40-28-50(46-34-9-5-2-6-10-34)30-42(60-40)48-19-23-58-24-20-48/h1-16,25-30,43-46H,17-24H2,(H,51,52,53)(H,54,55,56). The second kappa shape index (κ2) is 19.2. The van der Waals surface area contributed by atoms with E-state index in [1.807, 2.05) is 95.5 Å². The molecule has 0 saturated carbocycles. The van der Waals surface area contributed by atoms with Gasteiger partial charge in [-0.25, -0.2) is 0 Å². The Hall–Kier alpha value is -5.58. The summed E-state index contributed by atoms with van der Waals surface area (Å²) in [6.07, 6.45) is 10.3. The second-order valence-electron chi connectivity index (χ2n) is 14.1. The van der Waals surface area contributed by atoms with Gasteiger partial charge in [0.1, 0.15) is 9.79 Å². The van der Waals surface area contributed by atoms with Crippen LogP contribution in [0.5, 0.6) is 0 Å². The molecule has 4 aromatic rings. The molecular formula is C42H44N8O8S4. The molecule has 62 heavy (non-hydrogen) atoms. The SMILES string of the molecule is O=S(=O)(O)c1cc(NC2=CN(Nc3ccccc3)C=C(N3CCOCC3)S2)ccc1C=Cc1ccc(NC2=CN(Nc3ccccc3)C=C(N3CCOCC3)S2)cc1S(=O)(=O)O. The smallest absolute Gasteiger partial charge is 0.295 e. The van der Waals surface area contributed by atoms with Crippen LogP contribution in [-0.4, -0.2) is 98.4 Å². The van der Waals surface area contributed by atoms with Gasteiger partial charge in [-0.05, 0) is 59.7 Å². The number of nitrogens with one attached hydrogen (secondary N) is 4. The zero-order valence-electron chi connectivity index (χ0n) is 33.1. The molecule has 0 amide bonds. The minimum Gasteiger partial charge on any atom is -0.378 e. The highest BCUT2D eigenvalue weighted by molar-refractivity contribution is 8.07. The monoisotopic (exact) mass is 916 g/mol. The average molecular weight is 917 g/mol. The second-order valence-corrected chi connectivity index (χ2v) is 19.0. The van der Waals surface area contributed by atoms with Crippen molar-refractivity contribution in [3.05, 3.63) is 153 Å². The van der Waals surface area contributed by atoms with Gasteiger partial charge >= 0.3 is 0 Å². The van der Waals surface area contributed by atoms with Crippen LogP contribution in [0.15, 0.2) is 152 Å². The summed E-state index contributed by atoms with van der Waals surface area (Å²) in [6, 6.07) is 28.2. The molecule has 6 N–H and O–H groups in total. The summed E-state index contributed by atoms with van der Waals surface area (Å²) < 4.78 is 83.0. The lowest BCUT2D eigenvalue weighted by Crippen LogP contribution is -2.37. The maximum Gasteiger partial charge on any atom is 0.295 e. The molecule has 0 atom stereocenters. The largest absolute Gasteiger partial charge is 0.378 e. The molecule has 0 bridgehead atoms. The molecule has 0 spiro atoms. The van der Waals surface area contributed by atoms with Gasteiger partial charge in [0, 0.05) is 37.6 Å². The van der Waals surface area contributed by atoms with Gasteiger partial charge < -0.3 is 29.9 Å². The number of nitrogens with zero attached hydrogens (tertiary/aromatic N) is 4. The normalized spacial score (nSPS) is 17.5. The van der Waals surface area contributed by atoms with Crippen LogP contribution in [0.2, 0.25) is 0 Å². The molecule has 20 heteroatoms. The fraction of sp³-hybridized carbons (Fsp3) is 0.190. The van der Waals surface area contributed by atoms with Gasteiger partial charge in [-0.15, -0.1) is 0 Å². The lowest BCUT2D eigenvalue weighted by molar-refractivity contribution is 0.0571. The van der Waals surface area contributed by atoms with Crippen LogP contribution in [0.4, 0.5) is 22.7 Å². The molecule has 2 saturated heterocycles. The molecule has 4 aliphatic rings. The van der Waals surface area contributed by atoms with Crippen molar-refractivity contribution < 1.29 is 35.4 Å². The molecule has 0 aliphatic carbocycles. The highest BCUT2D eigenvalue weighted by Crippen LogP contribution is 2.37. The average Bonchev–Trinajstić information content (AvgIpc) is 3.27. The number of hydrazine groups is 2. The predicted octanol–water partition coefficient (Wildman–Crippen LogP) is 7.19. The van der Waals surface area contributed by atoms with Crippen LogP contribution < -0.4 is 21.5 Å². The maximum absolute atomic E-state index is 12.8. The van der Waals surface area contributed by atoms with Crippen molar-refractivity contribution in [3.8, 4) is 0 Å². The van der Waals surface area contributed by atoms with Gasteiger partial charge in [0.2, 0.25) is 0 Å². The fourth-order valence-electron chi connectivity index (χ4n) is 6.73. The van der Waals surface area contributed by atoms with Crippen molar-refractivity contribution in [2.45, 2.75) is 9.79 Å². The number of hydrogen-bond acceptors (Lipinski definition) is 16. The minimum absolute atomic E-state index is 0.0882. The van der Waals surface area contributed by atoms with Crippen LogP contribution in [0.25, 0.3) is 12.2 Å². The van der Waals surface area contributed by atoms with E-state index in [0.717, 1.165) is 21.4 Å². The number of thioether (sulfide) groups is 2. The van der Waals surface area contributed by atoms with Crippen molar-refractivity contribution in [1.82, 2.24) is 19.8 Å². The predicted molar refractivity (Wildman–Crippen MR) is 245 cm³/mol. The van der Waals surface area contributed by atoms with Gasteiger partial charge in [-0.3, -0.25) is 30.0 Å². The third-order valence-electron chi connectivity index (χ3n) is 9.71. The van der Waals surface area contributed by atoms with Crippen molar-refractivity contribution >= 4 is 78.7 Å². The summed E-state index contributed by atoms with van der Waals surface area (Å²) in [4.78, 5) is 3.59. The lowest BCUT2D eigenvalue weighted by Gasteiger charge is -2.34. The molecular weight excluding hydrogens is 873 g/mol. The number of rotatable bonds is 14. The van der Waals surface area contributed by atoms with Crippen molar-refractivity contribution in [2.75, 3.05) is 74.1 Å². The van der Waals surface area contributed by atoms with Crippen LogP contribution >= 0.6 is 23.5 Å². The first-order valence-electron chi connectivity index (χ1n) is 19.5. The Bertz CT molecular complexity index is 2450. The fourth-order valence-corrected chi connectivity index (χ4v) is 10.2. The van der Waals surface area contributed by atoms with Crippen LogP contribution in [0.3, 0.4) is 0 Å². The molecule has 2 fully saturated rings. The summed E-state index contributed by atoms with van der Waals surface area (Å²) in [5, 5.41) is 13.4. The Labute approximate surface area is 369 Å². The highest BCUT2D eigenvalue weighted by Gasteiger charge is 2.24. The van der Waals surface area contributed by atoms with Gasteiger partial charge in [0.05, 0.1) is 82.7 Å². The zero-order chi connectivity index (χ0) is 43.1. The molecule has 4 aliphatic heterocycles. The first-order valence-corrected chi connectivity index (χ1v) is 24.0. The van der Waals surface area contributed by atoms with E-state index in [1.54, 1.807) is 12.1 Å². The molecule has 0 aromatic heterocycles. The summed E-state index contributed by atoms with van der Waals surface area (Å²) in [5.41, 5.74) is 9.36. The van der Waals surface area contributed by atoms with Gasteiger partial charge in [-0.2, -0.15) is 16.8 Å². The first kappa shape index (κ1) is 43.1. The summed E-state index contributed by atoms with van der Waals surface area (Å²) in [7, 11) is -9.53. The van der Waals surface area contributed by atoms with Gasteiger partial charge in [-0.1, -0.05) is 84.2 Å². The van der Waals surface area contributed by atoms with E-state index in [0.29, 0.717) is 74.0 Å². The Kier molecular flexibility index (Phi) is 13.4. The molecule has 0 radical (unpaired) electrons. The lowest BCUT2D eigenvalue weighted by atomic mass is 10.1. The van der Waals surface area contributed by atoms with Gasteiger partial charge in [0.15, 0.2) is 0 Å². The Balaban J connectivity index is 1.02. The third kappa shape index (κ3) is 11.3. The number of para-hydroxylation sites is 2. The van der Waals surface area contributed by atoms with Crippen LogP contribution in [0, 0.1) is 0 Å². The number of ether oxygens (including phenoxy) is 2. The van der Waals surface area contributed by atoms with E-state index in [-0.39, 0.29) is 11.1 Å². The quantitative estimate of drug-likeness (QED) is 0.0551. The molecule has 16 nitrogen and oxygen atoms in total. The van der Waals surface area contributed by atoms with Crippen LogP contribution in [0.1, 0.15) is 11.1 Å². The topological polar surface area (TPSA) is 188 Å². The number of morpholine rings is 2. The summed E-state index contributed by atoms with van der Waals surface area (Å²) >= 11 is 2.93. The Morgan fingerprint density at radius 3 is 1.27 bits per heavy atom.